The van der Waals surface area contributed by atoms with Gasteiger partial charge in [0, 0.05) is 21.2 Å². The molecule has 2 rings (SSSR count). The molecule has 0 spiro atoms. The topological polar surface area (TPSA) is 29.1 Å². The highest BCUT2D eigenvalue weighted by molar-refractivity contribution is 14.1. The summed E-state index contributed by atoms with van der Waals surface area (Å²) in [6.07, 6.45) is 0. The predicted octanol–water partition coefficient (Wildman–Crippen LogP) is 3.36. The highest BCUT2D eigenvalue weighted by atomic mass is 127. The Morgan fingerprint density at radius 3 is 2.67 bits per heavy atom. The van der Waals surface area contributed by atoms with Gasteiger partial charge in [-0.1, -0.05) is 24.3 Å². The molecule has 1 amide bonds. The maximum Gasteiger partial charge on any atom is 0.251 e. The number of benzene rings is 2. The smallest absolute Gasteiger partial charge is 0.251 e. The van der Waals surface area contributed by atoms with Crippen LogP contribution in [0.25, 0.3) is 0 Å². The van der Waals surface area contributed by atoms with E-state index < -0.39 is 0 Å². The minimum absolute atomic E-state index is 0.191. The zero-order chi connectivity index (χ0) is 13.0. The fourth-order valence-corrected chi connectivity index (χ4v) is 2.09. The summed E-state index contributed by atoms with van der Waals surface area (Å²) < 4.78 is 14.3. The summed E-state index contributed by atoms with van der Waals surface area (Å²) in [6, 6.07) is 13.7. The first-order valence-electron chi connectivity index (χ1n) is 5.44. The molecule has 1 N–H and O–H groups in total. The van der Waals surface area contributed by atoms with Gasteiger partial charge in [0.05, 0.1) is 0 Å². The van der Waals surface area contributed by atoms with Crippen LogP contribution < -0.4 is 5.32 Å². The van der Waals surface area contributed by atoms with Crippen LogP contribution >= 0.6 is 22.6 Å². The van der Waals surface area contributed by atoms with E-state index in [4.69, 9.17) is 0 Å². The van der Waals surface area contributed by atoms with Crippen molar-refractivity contribution in [3.05, 3.63) is 69.0 Å². The van der Waals surface area contributed by atoms with Gasteiger partial charge in [-0.15, -0.1) is 0 Å². The van der Waals surface area contributed by atoms with E-state index in [9.17, 15) is 9.18 Å². The molecule has 0 saturated carbocycles. The van der Waals surface area contributed by atoms with Gasteiger partial charge in [-0.25, -0.2) is 4.39 Å². The number of hydrogen-bond acceptors (Lipinski definition) is 1. The van der Waals surface area contributed by atoms with E-state index in [-0.39, 0.29) is 18.3 Å². The van der Waals surface area contributed by atoms with Gasteiger partial charge >= 0.3 is 0 Å². The highest BCUT2D eigenvalue weighted by Crippen LogP contribution is 2.09. The molecular formula is C14H11FINO. The quantitative estimate of drug-likeness (QED) is 0.841. The first kappa shape index (κ1) is 13.0. The van der Waals surface area contributed by atoms with Crippen molar-refractivity contribution in [2.24, 2.45) is 0 Å². The van der Waals surface area contributed by atoms with Crippen LogP contribution in [-0.4, -0.2) is 5.91 Å². The molecule has 0 aliphatic carbocycles. The number of rotatable bonds is 3. The molecule has 2 aromatic carbocycles. The Labute approximate surface area is 118 Å². The van der Waals surface area contributed by atoms with Crippen LogP contribution in [0.4, 0.5) is 4.39 Å². The lowest BCUT2D eigenvalue weighted by atomic mass is 10.2. The van der Waals surface area contributed by atoms with E-state index in [1.165, 1.54) is 6.07 Å². The number of halogens is 2. The van der Waals surface area contributed by atoms with Gasteiger partial charge in [0.25, 0.3) is 5.91 Å². The predicted molar refractivity (Wildman–Crippen MR) is 76.7 cm³/mol. The van der Waals surface area contributed by atoms with Crippen LogP contribution in [0, 0.1) is 9.39 Å². The molecule has 0 aromatic heterocycles. The van der Waals surface area contributed by atoms with E-state index >= 15 is 0 Å². The van der Waals surface area contributed by atoms with Gasteiger partial charge in [-0.05, 0) is 46.9 Å². The minimum atomic E-state index is -0.305. The summed E-state index contributed by atoms with van der Waals surface area (Å²) in [5, 5.41) is 2.70. The third-order valence-electron chi connectivity index (χ3n) is 2.48. The number of amides is 1. The van der Waals surface area contributed by atoms with E-state index in [0.29, 0.717) is 11.1 Å². The van der Waals surface area contributed by atoms with E-state index in [1.807, 2.05) is 12.1 Å². The van der Waals surface area contributed by atoms with Gasteiger partial charge in [0.2, 0.25) is 0 Å². The molecule has 0 heterocycles. The molecule has 0 atom stereocenters. The van der Waals surface area contributed by atoms with Crippen molar-refractivity contribution >= 4 is 28.5 Å². The van der Waals surface area contributed by atoms with Crippen LogP contribution in [0.1, 0.15) is 15.9 Å². The van der Waals surface area contributed by atoms with E-state index in [0.717, 1.165) is 3.57 Å². The molecule has 2 nitrogen and oxygen atoms in total. The molecule has 0 fully saturated rings. The Bertz CT molecular complexity index is 571. The summed E-state index contributed by atoms with van der Waals surface area (Å²) in [5.41, 5.74) is 1.06. The Balaban J connectivity index is 2.03. The molecule has 92 valence electrons. The van der Waals surface area contributed by atoms with Crippen LogP contribution in [0.5, 0.6) is 0 Å². The number of nitrogens with one attached hydrogen (secondary N) is 1. The second-order valence-electron chi connectivity index (χ2n) is 3.78. The zero-order valence-electron chi connectivity index (χ0n) is 9.49. The number of hydrogen-bond donors (Lipinski definition) is 1. The lowest BCUT2D eigenvalue weighted by Crippen LogP contribution is -2.23. The monoisotopic (exact) mass is 355 g/mol. The summed E-state index contributed by atoms with van der Waals surface area (Å²) in [6.45, 7) is 0.191. The van der Waals surface area contributed by atoms with E-state index in [1.54, 1.807) is 30.3 Å². The molecule has 0 aliphatic rings. The van der Waals surface area contributed by atoms with Crippen molar-refractivity contribution in [1.29, 1.82) is 0 Å². The standard InChI is InChI=1S/C14H11FINO/c15-13-7-2-1-4-11(13)9-17-14(18)10-5-3-6-12(16)8-10/h1-8H,9H2,(H,17,18). The maximum atomic E-state index is 13.4. The third-order valence-corrected chi connectivity index (χ3v) is 3.16. The molecule has 18 heavy (non-hydrogen) atoms. The fraction of sp³-hybridized carbons (Fsp3) is 0.0714. The first-order chi connectivity index (χ1) is 8.66. The van der Waals surface area contributed by atoms with Crippen molar-refractivity contribution in [3.63, 3.8) is 0 Å². The SMILES string of the molecule is O=C(NCc1ccccc1F)c1cccc(I)c1. The summed E-state index contributed by atoms with van der Waals surface area (Å²) in [7, 11) is 0. The Morgan fingerprint density at radius 1 is 1.17 bits per heavy atom. The fourth-order valence-electron chi connectivity index (χ4n) is 1.55. The molecule has 0 saturated heterocycles. The molecule has 0 aliphatic heterocycles. The van der Waals surface area contributed by atoms with Crippen molar-refractivity contribution in [2.75, 3.05) is 0 Å². The zero-order valence-corrected chi connectivity index (χ0v) is 11.6. The summed E-state index contributed by atoms with van der Waals surface area (Å²) in [4.78, 5) is 11.8. The van der Waals surface area contributed by atoms with Crippen molar-refractivity contribution in [2.45, 2.75) is 6.54 Å². The first-order valence-corrected chi connectivity index (χ1v) is 6.52. The summed E-state index contributed by atoms with van der Waals surface area (Å²) in [5.74, 6) is -0.503. The van der Waals surface area contributed by atoms with Gasteiger partial charge < -0.3 is 5.32 Å². The average molecular weight is 355 g/mol. The molecule has 4 heteroatoms. The van der Waals surface area contributed by atoms with Gasteiger partial charge in [-0.2, -0.15) is 0 Å². The molecule has 0 bridgehead atoms. The maximum absolute atomic E-state index is 13.4. The Morgan fingerprint density at radius 2 is 1.94 bits per heavy atom. The lowest BCUT2D eigenvalue weighted by Gasteiger charge is -2.06. The second-order valence-corrected chi connectivity index (χ2v) is 5.03. The van der Waals surface area contributed by atoms with Crippen molar-refractivity contribution in [3.8, 4) is 0 Å². The number of carbonyl (C=O) groups is 1. The van der Waals surface area contributed by atoms with Crippen LogP contribution in [0.2, 0.25) is 0 Å². The Kier molecular flexibility index (Phi) is 4.30. The van der Waals surface area contributed by atoms with Gasteiger partial charge in [0.15, 0.2) is 0 Å². The summed E-state index contributed by atoms with van der Waals surface area (Å²) >= 11 is 2.14. The lowest BCUT2D eigenvalue weighted by molar-refractivity contribution is 0.0950. The Hall–Kier alpha value is -1.43. The molecular weight excluding hydrogens is 344 g/mol. The average Bonchev–Trinajstić information content (AvgIpc) is 2.37. The van der Waals surface area contributed by atoms with Crippen LogP contribution in [0.15, 0.2) is 48.5 Å². The van der Waals surface area contributed by atoms with Crippen LogP contribution in [0.3, 0.4) is 0 Å². The third kappa shape index (κ3) is 3.29. The molecule has 0 unspecified atom stereocenters. The van der Waals surface area contributed by atoms with Gasteiger partial charge in [0.1, 0.15) is 5.82 Å². The van der Waals surface area contributed by atoms with Crippen molar-refractivity contribution < 1.29 is 9.18 Å². The van der Waals surface area contributed by atoms with Crippen molar-refractivity contribution in [1.82, 2.24) is 5.32 Å². The normalized spacial score (nSPS) is 10.1. The van der Waals surface area contributed by atoms with Crippen LogP contribution in [-0.2, 0) is 6.54 Å². The number of carbonyl (C=O) groups excluding carboxylic acids is 1. The van der Waals surface area contributed by atoms with Gasteiger partial charge in [-0.3, -0.25) is 4.79 Å². The second kappa shape index (κ2) is 5.95. The van der Waals surface area contributed by atoms with E-state index in [2.05, 4.69) is 27.9 Å². The minimum Gasteiger partial charge on any atom is -0.348 e. The molecule has 0 radical (unpaired) electrons. The largest absolute Gasteiger partial charge is 0.348 e. The molecule has 2 aromatic rings. The highest BCUT2D eigenvalue weighted by Gasteiger charge is 2.07.